The monoisotopic (exact) mass is 389 g/mol. The summed E-state index contributed by atoms with van der Waals surface area (Å²) in [5.74, 6) is -0.216. The van der Waals surface area contributed by atoms with Gasteiger partial charge in [0.2, 0.25) is 11.8 Å². The van der Waals surface area contributed by atoms with E-state index in [-0.39, 0.29) is 30.7 Å². The van der Waals surface area contributed by atoms with Crippen LogP contribution in [0.3, 0.4) is 0 Å². The number of rotatable bonds is 8. The molecule has 0 aliphatic carbocycles. The predicted molar refractivity (Wildman–Crippen MR) is 86.2 cm³/mol. The molecule has 1 aromatic heterocycles. The zero-order valence-corrected chi connectivity index (χ0v) is 14.6. The molecule has 1 heterocycles. The molecule has 27 heavy (non-hydrogen) atoms. The van der Waals surface area contributed by atoms with Gasteiger partial charge >= 0.3 is 12.3 Å². The van der Waals surface area contributed by atoms with Crippen LogP contribution in [0.25, 0.3) is 0 Å². The molecule has 6 nitrogen and oxygen atoms in total. The molecule has 1 aromatic carbocycles. The fourth-order valence-electron chi connectivity index (χ4n) is 2.58. The summed E-state index contributed by atoms with van der Waals surface area (Å²) in [5.41, 5.74) is 5.72. The van der Waals surface area contributed by atoms with Crippen LogP contribution in [0.15, 0.2) is 22.6 Å². The van der Waals surface area contributed by atoms with Crippen LogP contribution in [0.4, 0.5) is 22.4 Å². The number of hydrogen-bond donors (Lipinski definition) is 1. The SMILES string of the molecule is Cc1nnc(CC(OC(N)=O)c2cc(CCCCC(F)(F)F)ccc2F)o1. The zero-order valence-electron chi connectivity index (χ0n) is 14.6. The van der Waals surface area contributed by atoms with E-state index in [9.17, 15) is 22.4 Å². The van der Waals surface area contributed by atoms with Gasteiger partial charge in [-0.25, -0.2) is 9.18 Å². The Morgan fingerprint density at radius 3 is 2.63 bits per heavy atom. The summed E-state index contributed by atoms with van der Waals surface area (Å²) in [7, 11) is 0. The van der Waals surface area contributed by atoms with E-state index in [0.717, 1.165) is 0 Å². The first-order valence-corrected chi connectivity index (χ1v) is 8.24. The summed E-state index contributed by atoms with van der Waals surface area (Å²) >= 11 is 0. The molecule has 1 atom stereocenters. The standard InChI is InChI=1S/C17H19F4N3O3/c1-10-23-24-15(26-10)9-14(27-16(22)25)12-8-11(5-6-13(12)18)4-2-3-7-17(19,20)21/h5-6,8,14H,2-4,7,9H2,1H3,(H2,22,25). The van der Waals surface area contributed by atoms with Gasteiger partial charge < -0.3 is 14.9 Å². The van der Waals surface area contributed by atoms with E-state index in [1.165, 1.54) is 18.2 Å². The van der Waals surface area contributed by atoms with Gasteiger partial charge in [0.25, 0.3) is 0 Å². The Balaban J connectivity index is 2.12. The van der Waals surface area contributed by atoms with E-state index in [1.807, 2.05) is 0 Å². The molecule has 148 valence electrons. The summed E-state index contributed by atoms with van der Waals surface area (Å²) in [4.78, 5) is 11.2. The molecular formula is C17H19F4N3O3. The number of nitrogens with zero attached hydrogens (tertiary/aromatic N) is 2. The second-order valence-corrected chi connectivity index (χ2v) is 6.02. The highest BCUT2D eigenvalue weighted by molar-refractivity contribution is 5.65. The van der Waals surface area contributed by atoms with Gasteiger partial charge in [-0.15, -0.1) is 10.2 Å². The lowest BCUT2D eigenvalue weighted by atomic mass is 9.99. The fraction of sp³-hybridized carbons (Fsp3) is 0.471. The topological polar surface area (TPSA) is 91.2 Å². The molecule has 2 rings (SSSR count). The highest BCUT2D eigenvalue weighted by atomic mass is 19.4. The van der Waals surface area contributed by atoms with Crippen molar-refractivity contribution in [3.63, 3.8) is 0 Å². The molecule has 0 saturated heterocycles. The average molecular weight is 389 g/mol. The number of primary amides is 1. The van der Waals surface area contributed by atoms with Crippen LogP contribution in [-0.2, 0) is 17.6 Å². The van der Waals surface area contributed by atoms with Gasteiger partial charge in [0.1, 0.15) is 11.9 Å². The first-order valence-electron chi connectivity index (χ1n) is 8.24. The van der Waals surface area contributed by atoms with Gasteiger partial charge in [-0.1, -0.05) is 6.07 Å². The number of carbonyl (C=O) groups excluding carboxylic acids is 1. The lowest BCUT2D eigenvalue weighted by molar-refractivity contribution is -0.135. The van der Waals surface area contributed by atoms with Gasteiger partial charge in [0.05, 0.1) is 6.42 Å². The van der Waals surface area contributed by atoms with Crippen LogP contribution in [0, 0.1) is 12.7 Å². The summed E-state index contributed by atoms with van der Waals surface area (Å²) in [6.45, 7) is 1.57. The Bertz CT molecular complexity index is 777. The Hall–Kier alpha value is -2.65. The van der Waals surface area contributed by atoms with Gasteiger partial charge in [0.15, 0.2) is 0 Å². The van der Waals surface area contributed by atoms with Crippen molar-refractivity contribution in [3.05, 3.63) is 46.9 Å². The van der Waals surface area contributed by atoms with Crippen molar-refractivity contribution in [2.75, 3.05) is 0 Å². The van der Waals surface area contributed by atoms with Crippen molar-refractivity contribution in [1.29, 1.82) is 0 Å². The Morgan fingerprint density at radius 1 is 1.30 bits per heavy atom. The van der Waals surface area contributed by atoms with Crippen LogP contribution in [0.5, 0.6) is 0 Å². The van der Waals surface area contributed by atoms with Crippen molar-refractivity contribution in [2.45, 2.75) is 51.3 Å². The molecule has 0 aliphatic heterocycles. The van der Waals surface area contributed by atoms with Gasteiger partial charge in [0, 0.05) is 18.9 Å². The third kappa shape index (κ3) is 6.87. The first-order chi connectivity index (χ1) is 12.6. The maximum atomic E-state index is 14.3. The van der Waals surface area contributed by atoms with Crippen molar-refractivity contribution < 1.29 is 31.5 Å². The van der Waals surface area contributed by atoms with Crippen molar-refractivity contribution in [1.82, 2.24) is 10.2 Å². The summed E-state index contributed by atoms with van der Waals surface area (Å²) in [6.07, 6.45) is -6.77. The number of amides is 1. The normalized spacial score (nSPS) is 12.8. The molecular weight excluding hydrogens is 370 g/mol. The van der Waals surface area contributed by atoms with Gasteiger partial charge in [-0.3, -0.25) is 0 Å². The molecule has 0 fully saturated rings. The minimum Gasteiger partial charge on any atom is -0.441 e. The van der Waals surface area contributed by atoms with E-state index in [2.05, 4.69) is 10.2 Å². The number of unbranched alkanes of at least 4 members (excludes halogenated alkanes) is 1. The Morgan fingerprint density at radius 2 is 2.04 bits per heavy atom. The maximum absolute atomic E-state index is 14.3. The second kappa shape index (κ2) is 8.83. The number of hydrogen-bond acceptors (Lipinski definition) is 5. The number of halogens is 4. The van der Waals surface area contributed by atoms with E-state index in [1.54, 1.807) is 6.92 Å². The Labute approximate surface area is 152 Å². The highest BCUT2D eigenvalue weighted by Gasteiger charge is 2.26. The summed E-state index contributed by atoms with van der Waals surface area (Å²) < 4.78 is 61.1. The van der Waals surface area contributed by atoms with Crippen LogP contribution >= 0.6 is 0 Å². The van der Waals surface area contributed by atoms with Crippen molar-refractivity contribution in [3.8, 4) is 0 Å². The largest absolute Gasteiger partial charge is 0.441 e. The summed E-state index contributed by atoms with van der Waals surface area (Å²) in [5, 5.41) is 7.42. The second-order valence-electron chi connectivity index (χ2n) is 6.02. The first kappa shape index (κ1) is 20.7. The minimum atomic E-state index is -4.20. The minimum absolute atomic E-state index is 0.0291. The summed E-state index contributed by atoms with van der Waals surface area (Å²) in [6, 6.07) is 4.09. The fourth-order valence-corrected chi connectivity index (χ4v) is 2.58. The van der Waals surface area contributed by atoms with E-state index in [0.29, 0.717) is 17.9 Å². The highest BCUT2D eigenvalue weighted by Crippen LogP contribution is 2.27. The molecule has 0 radical (unpaired) electrons. The molecule has 2 aromatic rings. The lowest BCUT2D eigenvalue weighted by Gasteiger charge is -2.17. The molecule has 0 spiro atoms. The number of carbonyl (C=O) groups is 1. The van der Waals surface area contributed by atoms with Crippen LogP contribution in [0.1, 0.15) is 48.3 Å². The Kier molecular flexibility index (Phi) is 6.75. The van der Waals surface area contributed by atoms with Crippen molar-refractivity contribution >= 4 is 6.09 Å². The number of nitrogens with two attached hydrogens (primary N) is 1. The smallest absolute Gasteiger partial charge is 0.405 e. The molecule has 10 heteroatoms. The number of aryl methyl sites for hydroxylation is 2. The number of aromatic nitrogens is 2. The third-order valence-corrected chi connectivity index (χ3v) is 3.77. The van der Waals surface area contributed by atoms with E-state index in [4.69, 9.17) is 14.9 Å². The molecule has 0 saturated carbocycles. The van der Waals surface area contributed by atoms with Gasteiger partial charge in [-0.2, -0.15) is 13.2 Å². The predicted octanol–water partition coefficient (Wildman–Crippen LogP) is 4.17. The molecule has 0 bridgehead atoms. The zero-order chi connectivity index (χ0) is 20.0. The van der Waals surface area contributed by atoms with Gasteiger partial charge in [-0.05, 0) is 37.0 Å². The van der Waals surface area contributed by atoms with E-state index >= 15 is 0 Å². The van der Waals surface area contributed by atoms with Crippen LogP contribution < -0.4 is 5.73 Å². The average Bonchev–Trinajstić information content (AvgIpc) is 2.96. The molecule has 2 N–H and O–H groups in total. The van der Waals surface area contributed by atoms with Crippen LogP contribution in [0.2, 0.25) is 0 Å². The third-order valence-electron chi connectivity index (χ3n) is 3.77. The molecule has 0 aliphatic rings. The van der Waals surface area contributed by atoms with Crippen LogP contribution in [-0.4, -0.2) is 22.5 Å². The van der Waals surface area contributed by atoms with E-state index < -0.39 is 30.6 Å². The number of benzene rings is 1. The number of ether oxygens (including phenoxy) is 1. The quantitative estimate of drug-likeness (QED) is 0.540. The van der Waals surface area contributed by atoms with Crippen molar-refractivity contribution in [2.24, 2.45) is 5.73 Å². The molecule has 1 amide bonds. The number of alkyl halides is 3. The molecule has 1 unspecified atom stereocenters. The lowest BCUT2D eigenvalue weighted by Crippen LogP contribution is -2.20. The maximum Gasteiger partial charge on any atom is 0.405 e.